The molecule has 105 valence electrons. The molecule has 0 bridgehead atoms. The van der Waals surface area contributed by atoms with Crippen molar-refractivity contribution in [3.8, 4) is 11.5 Å². The highest BCUT2D eigenvalue weighted by molar-refractivity contribution is 5.50. The van der Waals surface area contributed by atoms with E-state index in [1.54, 1.807) is 0 Å². The zero-order valence-electron chi connectivity index (χ0n) is 11.7. The Morgan fingerprint density at radius 1 is 0.895 bits per heavy atom. The van der Waals surface area contributed by atoms with Crippen LogP contribution in [0.15, 0.2) is 24.3 Å². The van der Waals surface area contributed by atoms with Crippen LogP contribution in [0.5, 0.6) is 11.5 Å². The van der Waals surface area contributed by atoms with Crippen LogP contribution in [0.4, 0.5) is 0 Å². The molecule has 1 aromatic rings. The van der Waals surface area contributed by atoms with E-state index in [1.165, 1.54) is 19.3 Å². The minimum Gasteiger partial charge on any atom is -0.494 e. The molecule has 0 spiro atoms. The minimum atomic E-state index is 0.430. The molecule has 1 aromatic carbocycles. The average molecular weight is 263 g/mol. The molecule has 0 saturated carbocycles. The lowest BCUT2D eigenvalue weighted by Crippen LogP contribution is -1.99. The normalized spacial score (nSPS) is 10.2. The molecule has 3 heteroatoms. The summed E-state index contributed by atoms with van der Waals surface area (Å²) in [6.45, 7) is 3.52. The van der Waals surface area contributed by atoms with Crippen molar-refractivity contribution in [2.75, 3.05) is 13.2 Å². The van der Waals surface area contributed by atoms with Gasteiger partial charge in [0.2, 0.25) is 0 Å². The first kappa shape index (κ1) is 15.5. The lowest BCUT2D eigenvalue weighted by Gasteiger charge is -2.08. The fourth-order valence-corrected chi connectivity index (χ4v) is 1.69. The molecule has 0 amide bonds. The van der Waals surface area contributed by atoms with E-state index in [0.717, 1.165) is 24.5 Å². The maximum atomic E-state index is 10.0. The van der Waals surface area contributed by atoms with Crippen LogP contribution in [0.3, 0.4) is 0 Å². The van der Waals surface area contributed by atoms with E-state index < -0.39 is 0 Å². The fourth-order valence-electron chi connectivity index (χ4n) is 1.69. The lowest BCUT2D eigenvalue weighted by atomic mass is 10.2. The van der Waals surface area contributed by atoms with E-state index in [-0.39, 0.29) is 0 Å². The number of hydrogen-bond donors (Lipinski definition) is 0. The Labute approximate surface area is 115 Å². The van der Waals surface area contributed by atoms with Crippen molar-refractivity contribution in [3.63, 3.8) is 0 Å². The molecule has 0 aliphatic carbocycles. The maximum absolute atomic E-state index is 10.0. The zero-order chi connectivity index (χ0) is 13.8. The summed E-state index contributed by atoms with van der Waals surface area (Å²) in [7, 11) is 0. The van der Waals surface area contributed by atoms with Gasteiger partial charge in [0.05, 0.1) is 13.2 Å². The van der Waals surface area contributed by atoms with Crippen LogP contribution in [0.1, 0.15) is 45.4 Å². The van der Waals surface area contributed by atoms with Crippen molar-refractivity contribution >= 4 is 6.29 Å². The highest BCUT2D eigenvalue weighted by Crippen LogP contribution is 2.18. The second-order valence-electron chi connectivity index (χ2n) is 4.48. The highest BCUT2D eigenvalue weighted by atomic mass is 16.5. The number of carbonyl (C=O) groups excluding carboxylic acids is 1. The fraction of sp³-hybridized carbons (Fsp3) is 0.562. The first-order valence-electron chi connectivity index (χ1n) is 7.07. The molecule has 0 fully saturated rings. The van der Waals surface area contributed by atoms with Gasteiger partial charge in [-0.15, -0.1) is 0 Å². The van der Waals surface area contributed by atoms with E-state index >= 15 is 0 Å². The minimum absolute atomic E-state index is 0.430. The highest BCUT2D eigenvalue weighted by Gasteiger charge is 1.97. The Balaban J connectivity index is 2.17. The second-order valence-corrected chi connectivity index (χ2v) is 4.48. The molecule has 0 heterocycles. The van der Waals surface area contributed by atoms with Gasteiger partial charge in [0, 0.05) is 6.42 Å². The second kappa shape index (κ2) is 10.4. The summed E-state index contributed by atoms with van der Waals surface area (Å²) in [6, 6.07) is 7.63. The van der Waals surface area contributed by atoms with Crippen molar-refractivity contribution in [2.24, 2.45) is 0 Å². The van der Waals surface area contributed by atoms with Crippen molar-refractivity contribution in [1.82, 2.24) is 0 Å². The molecule has 19 heavy (non-hydrogen) atoms. The Kier molecular flexibility index (Phi) is 8.52. The van der Waals surface area contributed by atoms with E-state index in [9.17, 15) is 4.79 Å². The lowest BCUT2D eigenvalue weighted by molar-refractivity contribution is 0.299. The molecule has 0 aliphatic rings. The Morgan fingerprint density at radius 2 is 1.47 bits per heavy atom. The van der Waals surface area contributed by atoms with Gasteiger partial charge in [-0.2, -0.15) is 0 Å². The van der Waals surface area contributed by atoms with Gasteiger partial charge in [-0.1, -0.05) is 26.2 Å². The third-order valence-corrected chi connectivity index (χ3v) is 2.78. The number of rotatable bonds is 11. The molecule has 1 radical (unpaired) electrons. The topological polar surface area (TPSA) is 35.5 Å². The van der Waals surface area contributed by atoms with Crippen LogP contribution >= 0.6 is 0 Å². The first-order valence-corrected chi connectivity index (χ1v) is 7.07. The summed E-state index contributed by atoms with van der Waals surface area (Å²) in [5.74, 6) is 1.69. The van der Waals surface area contributed by atoms with Gasteiger partial charge < -0.3 is 9.47 Å². The van der Waals surface area contributed by atoms with E-state index in [1.807, 2.05) is 30.6 Å². The van der Waals surface area contributed by atoms with Gasteiger partial charge in [0.15, 0.2) is 6.29 Å². The van der Waals surface area contributed by atoms with Crippen molar-refractivity contribution in [1.29, 1.82) is 0 Å². The van der Waals surface area contributed by atoms with Gasteiger partial charge in [-0.05, 0) is 37.1 Å². The maximum Gasteiger partial charge on any atom is 0.198 e. The quantitative estimate of drug-likeness (QED) is 0.568. The molecule has 0 N–H and O–H groups in total. The zero-order valence-corrected chi connectivity index (χ0v) is 11.7. The third-order valence-electron chi connectivity index (χ3n) is 2.78. The predicted octanol–water partition coefficient (Wildman–Crippen LogP) is 3.91. The predicted molar refractivity (Wildman–Crippen MR) is 76.5 cm³/mol. The molecule has 0 saturated heterocycles. The summed E-state index contributed by atoms with van der Waals surface area (Å²) < 4.78 is 11.1. The number of benzene rings is 1. The van der Waals surface area contributed by atoms with E-state index in [0.29, 0.717) is 19.4 Å². The van der Waals surface area contributed by atoms with Gasteiger partial charge in [0.25, 0.3) is 0 Å². The Hall–Kier alpha value is -1.51. The average Bonchev–Trinajstić information content (AvgIpc) is 2.45. The SMILES string of the molecule is CCCCCCOc1ccc(OCCC[C]=O)cc1. The third kappa shape index (κ3) is 7.50. The van der Waals surface area contributed by atoms with Crippen LogP contribution in [0.2, 0.25) is 0 Å². The molecule has 0 atom stereocenters. The van der Waals surface area contributed by atoms with Crippen LogP contribution in [0, 0.1) is 0 Å². The summed E-state index contributed by atoms with van der Waals surface area (Å²) in [5.41, 5.74) is 0. The summed E-state index contributed by atoms with van der Waals surface area (Å²) in [6.07, 6.45) is 7.84. The summed E-state index contributed by atoms with van der Waals surface area (Å²) >= 11 is 0. The monoisotopic (exact) mass is 263 g/mol. The van der Waals surface area contributed by atoms with Crippen LogP contribution < -0.4 is 9.47 Å². The molecule has 0 unspecified atom stereocenters. The molecular formula is C16H23O3. The van der Waals surface area contributed by atoms with Gasteiger partial charge >= 0.3 is 0 Å². The number of hydrogen-bond acceptors (Lipinski definition) is 3. The van der Waals surface area contributed by atoms with Gasteiger partial charge in [-0.25, -0.2) is 0 Å². The molecule has 3 nitrogen and oxygen atoms in total. The van der Waals surface area contributed by atoms with Crippen molar-refractivity contribution in [2.45, 2.75) is 45.4 Å². The Morgan fingerprint density at radius 3 is 2.00 bits per heavy atom. The number of unbranched alkanes of at least 4 members (excludes halogenated alkanes) is 4. The van der Waals surface area contributed by atoms with E-state index in [2.05, 4.69) is 6.92 Å². The van der Waals surface area contributed by atoms with Crippen LogP contribution in [-0.4, -0.2) is 19.5 Å². The van der Waals surface area contributed by atoms with Gasteiger partial charge in [-0.3, -0.25) is 4.79 Å². The van der Waals surface area contributed by atoms with E-state index in [4.69, 9.17) is 9.47 Å². The van der Waals surface area contributed by atoms with Gasteiger partial charge in [0.1, 0.15) is 11.5 Å². The summed E-state index contributed by atoms with van der Waals surface area (Å²) in [4.78, 5) is 10.0. The largest absolute Gasteiger partial charge is 0.494 e. The van der Waals surface area contributed by atoms with Crippen LogP contribution in [0.25, 0.3) is 0 Å². The first-order chi connectivity index (χ1) is 9.36. The van der Waals surface area contributed by atoms with Crippen molar-refractivity contribution in [3.05, 3.63) is 24.3 Å². The molecule has 0 aromatic heterocycles. The molecular weight excluding hydrogens is 240 g/mol. The van der Waals surface area contributed by atoms with Crippen LogP contribution in [-0.2, 0) is 4.79 Å². The smallest absolute Gasteiger partial charge is 0.198 e. The van der Waals surface area contributed by atoms with Crippen molar-refractivity contribution < 1.29 is 14.3 Å². The molecule has 0 aliphatic heterocycles. The standard InChI is InChI=1S/C16H23O3/c1-2-3-4-6-13-18-15-8-10-16(11-9-15)19-14-7-5-12-17/h8-11H,2-7,13-14H2,1H3. The summed E-state index contributed by atoms with van der Waals surface area (Å²) in [5, 5.41) is 0. The number of ether oxygens (including phenoxy) is 2. The molecule has 1 rings (SSSR count). The Bertz CT molecular complexity index is 332.